The topological polar surface area (TPSA) is 41.6 Å². The maximum absolute atomic E-state index is 4.63. The van der Waals surface area contributed by atoms with Gasteiger partial charge in [0, 0.05) is 36.1 Å². The van der Waals surface area contributed by atoms with Gasteiger partial charge < -0.3 is 4.98 Å². The largest absolute Gasteiger partial charge is 0.346 e. The van der Waals surface area contributed by atoms with Gasteiger partial charge in [-0.1, -0.05) is 36.4 Å². The van der Waals surface area contributed by atoms with Crippen molar-refractivity contribution in [2.75, 3.05) is 0 Å². The van der Waals surface area contributed by atoms with E-state index in [1.54, 1.807) is 0 Å². The number of aromatic amines is 1. The molecule has 3 aromatic heterocycles. The molecule has 3 heteroatoms. The quantitative estimate of drug-likeness (QED) is 0.595. The number of benzene rings is 1. The van der Waals surface area contributed by atoms with Crippen molar-refractivity contribution in [3.05, 3.63) is 95.6 Å². The Hall–Kier alpha value is -2.94. The number of pyridine rings is 2. The van der Waals surface area contributed by atoms with Crippen LogP contribution in [0, 0.1) is 0 Å². The highest BCUT2D eigenvalue weighted by Gasteiger charge is 2.05. The zero-order valence-corrected chi connectivity index (χ0v) is 13.4. The first kappa shape index (κ1) is 14.6. The number of fused-ring (bicyclic) bond motifs is 1. The molecule has 0 atom stereocenters. The van der Waals surface area contributed by atoms with Gasteiger partial charge in [-0.15, -0.1) is 0 Å². The van der Waals surface area contributed by atoms with Crippen molar-refractivity contribution < 1.29 is 0 Å². The van der Waals surface area contributed by atoms with E-state index in [0.717, 1.165) is 30.6 Å². The fraction of sp³-hybridized carbons (Fsp3) is 0.143. The lowest BCUT2D eigenvalue weighted by Gasteiger charge is -2.04. The molecule has 24 heavy (non-hydrogen) atoms. The average Bonchev–Trinajstić information content (AvgIpc) is 3.05. The predicted molar refractivity (Wildman–Crippen MR) is 97.0 cm³/mol. The molecule has 118 valence electrons. The third-order valence-electron chi connectivity index (χ3n) is 4.33. The van der Waals surface area contributed by atoms with Crippen LogP contribution in [-0.4, -0.2) is 15.0 Å². The molecule has 3 nitrogen and oxygen atoms in total. The molecule has 0 saturated heterocycles. The number of hydrogen-bond donors (Lipinski definition) is 1. The van der Waals surface area contributed by atoms with Crippen LogP contribution in [0.5, 0.6) is 0 Å². The molecule has 0 fully saturated rings. The number of hydrogen-bond acceptors (Lipinski definition) is 2. The van der Waals surface area contributed by atoms with E-state index in [2.05, 4.69) is 63.5 Å². The normalized spacial score (nSPS) is 11.0. The van der Waals surface area contributed by atoms with Crippen LogP contribution in [0.3, 0.4) is 0 Å². The van der Waals surface area contributed by atoms with Gasteiger partial charge in [-0.25, -0.2) is 4.98 Å². The third kappa shape index (κ3) is 3.20. The monoisotopic (exact) mass is 313 g/mol. The molecule has 3 heterocycles. The van der Waals surface area contributed by atoms with Crippen molar-refractivity contribution in [3.63, 3.8) is 0 Å². The first-order valence-electron chi connectivity index (χ1n) is 8.27. The van der Waals surface area contributed by atoms with Crippen molar-refractivity contribution in [2.24, 2.45) is 0 Å². The third-order valence-corrected chi connectivity index (χ3v) is 4.33. The van der Waals surface area contributed by atoms with Crippen molar-refractivity contribution in [1.82, 2.24) is 15.0 Å². The number of rotatable bonds is 5. The van der Waals surface area contributed by atoms with E-state index in [0.29, 0.717) is 0 Å². The Morgan fingerprint density at radius 3 is 2.54 bits per heavy atom. The van der Waals surface area contributed by atoms with E-state index >= 15 is 0 Å². The summed E-state index contributed by atoms with van der Waals surface area (Å²) in [6.07, 6.45) is 8.72. The molecule has 1 N–H and O–H groups in total. The molecular weight excluding hydrogens is 294 g/mol. The van der Waals surface area contributed by atoms with Gasteiger partial charge in [-0.2, -0.15) is 0 Å². The highest BCUT2D eigenvalue weighted by molar-refractivity contribution is 5.79. The summed E-state index contributed by atoms with van der Waals surface area (Å²) in [5.41, 5.74) is 5.93. The van der Waals surface area contributed by atoms with Gasteiger partial charge in [0.15, 0.2) is 0 Å². The number of nitrogens with one attached hydrogen (secondary N) is 1. The minimum absolute atomic E-state index is 0.873. The molecule has 0 aliphatic carbocycles. The average molecular weight is 313 g/mol. The van der Waals surface area contributed by atoms with Gasteiger partial charge in [0.1, 0.15) is 5.65 Å². The van der Waals surface area contributed by atoms with Gasteiger partial charge in [-0.05, 0) is 47.7 Å². The number of H-pyrrole nitrogens is 1. The van der Waals surface area contributed by atoms with Crippen LogP contribution in [0.1, 0.15) is 22.4 Å². The van der Waals surface area contributed by atoms with Crippen molar-refractivity contribution in [1.29, 1.82) is 0 Å². The summed E-state index contributed by atoms with van der Waals surface area (Å²) in [4.78, 5) is 12.2. The Kier molecular flexibility index (Phi) is 4.07. The van der Waals surface area contributed by atoms with Gasteiger partial charge in [0.05, 0.1) is 0 Å². The highest BCUT2D eigenvalue weighted by atomic mass is 14.8. The van der Waals surface area contributed by atoms with Crippen molar-refractivity contribution in [2.45, 2.75) is 19.3 Å². The van der Waals surface area contributed by atoms with E-state index in [1.165, 1.54) is 22.1 Å². The molecular formula is C21H19N3. The maximum Gasteiger partial charge on any atom is 0.137 e. The van der Waals surface area contributed by atoms with Crippen LogP contribution in [0.4, 0.5) is 0 Å². The van der Waals surface area contributed by atoms with Crippen LogP contribution >= 0.6 is 0 Å². The van der Waals surface area contributed by atoms with Gasteiger partial charge in [0.2, 0.25) is 0 Å². The Morgan fingerprint density at radius 2 is 1.71 bits per heavy atom. The second kappa shape index (κ2) is 6.67. The number of nitrogens with zero attached hydrogens (tertiary/aromatic N) is 2. The summed E-state index contributed by atoms with van der Waals surface area (Å²) in [6.45, 7) is 0. The van der Waals surface area contributed by atoms with Gasteiger partial charge in [0.25, 0.3) is 0 Å². The van der Waals surface area contributed by atoms with Crippen LogP contribution in [-0.2, 0) is 19.3 Å². The highest BCUT2D eigenvalue weighted by Crippen LogP contribution is 2.19. The number of aromatic nitrogens is 3. The summed E-state index contributed by atoms with van der Waals surface area (Å²) in [5, 5.41) is 1.19. The standard InChI is InChI=1S/C21H19N3/c1-2-5-16(6-3-1)8-10-19-11-9-17(14-23-19)13-18-15-24-21-20(18)7-4-12-22-21/h1-7,9,11-12,14-15H,8,10,13H2,(H,22,24). The van der Waals surface area contributed by atoms with Crippen molar-refractivity contribution >= 4 is 11.0 Å². The lowest BCUT2D eigenvalue weighted by Crippen LogP contribution is -1.96. The lowest BCUT2D eigenvalue weighted by molar-refractivity contribution is 0.908. The second-order valence-electron chi connectivity index (χ2n) is 6.03. The summed E-state index contributed by atoms with van der Waals surface area (Å²) in [5.74, 6) is 0. The molecule has 1 aromatic carbocycles. The first-order valence-corrected chi connectivity index (χ1v) is 8.27. The Bertz CT molecular complexity index is 924. The zero-order chi connectivity index (χ0) is 16.2. The molecule has 0 amide bonds. The Morgan fingerprint density at radius 1 is 0.792 bits per heavy atom. The molecule has 0 spiro atoms. The van der Waals surface area contributed by atoms with Crippen LogP contribution in [0.2, 0.25) is 0 Å². The molecule has 0 aliphatic rings. The van der Waals surface area contributed by atoms with Crippen molar-refractivity contribution in [3.8, 4) is 0 Å². The molecule has 0 bridgehead atoms. The Labute approximate surface area is 141 Å². The van der Waals surface area contributed by atoms with E-state index < -0.39 is 0 Å². The van der Waals surface area contributed by atoms with E-state index in [-0.39, 0.29) is 0 Å². The SMILES string of the molecule is c1ccc(CCc2ccc(Cc3c[nH]c4ncccc34)cn2)cc1. The lowest BCUT2D eigenvalue weighted by atomic mass is 10.0. The summed E-state index contributed by atoms with van der Waals surface area (Å²) in [7, 11) is 0. The molecule has 0 radical (unpaired) electrons. The first-order chi connectivity index (χ1) is 11.9. The molecule has 0 unspecified atom stereocenters. The summed E-state index contributed by atoms with van der Waals surface area (Å²) < 4.78 is 0. The van der Waals surface area contributed by atoms with E-state index in [1.807, 2.05) is 24.7 Å². The molecule has 4 rings (SSSR count). The summed E-state index contributed by atoms with van der Waals surface area (Å²) in [6, 6.07) is 19.0. The van der Waals surface area contributed by atoms with Crippen LogP contribution < -0.4 is 0 Å². The fourth-order valence-electron chi connectivity index (χ4n) is 3.00. The fourth-order valence-corrected chi connectivity index (χ4v) is 3.00. The minimum atomic E-state index is 0.873. The van der Waals surface area contributed by atoms with Crippen LogP contribution in [0.15, 0.2) is 73.2 Å². The van der Waals surface area contributed by atoms with E-state index in [4.69, 9.17) is 0 Å². The van der Waals surface area contributed by atoms with Gasteiger partial charge >= 0.3 is 0 Å². The Balaban J connectivity index is 1.44. The van der Waals surface area contributed by atoms with Gasteiger partial charge in [-0.3, -0.25) is 4.98 Å². The zero-order valence-electron chi connectivity index (χ0n) is 13.4. The second-order valence-corrected chi connectivity index (χ2v) is 6.03. The molecule has 0 saturated carbocycles. The summed E-state index contributed by atoms with van der Waals surface area (Å²) >= 11 is 0. The smallest absolute Gasteiger partial charge is 0.137 e. The van der Waals surface area contributed by atoms with Crippen LogP contribution in [0.25, 0.3) is 11.0 Å². The van der Waals surface area contributed by atoms with E-state index in [9.17, 15) is 0 Å². The predicted octanol–water partition coefficient (Wildman–Crippen LogP) is 4.33. The maximum atomic E-state index is 4.63. The number of aryl methyl sites for hydroxylation is 2. The molecule has 4 aromatic rings. The molecule has 0 aliphatic heterocycles. The minimum Gasteiger partial charge on any atom is -0.346 e.